The van der Waals surface area contributed by atoms with Crippen molar-refractivity contribution in [3.05, 3.63) is 0 Å². The molecule has 1 aliphatic heterocycles. The van der Waals surface area contributed by atoms with Crippen LogP contribution in [0.5, 0.6) is 0 Å². The Morgan fingerprint density at radius 2 is 1.93 bits per heavy atom. The molecule has 2 rings (SSSR count). The number of aliphatic hydroxyl groups is 1. The van der Waals surface area contributed by atoms with E-state index < -0.39 is 18.1 Å². The van der Waals surface area contributed by atoms with Crippen LogP contribution in [0.1, 0.15) is 19.8 Å². The van der Waals surface area contributed by atoms with E-state index in [0.717, 1.165) is 6.42 Å². The van der Waals surface area contributed by atoms with Gasteiger partial charge >= 0.3 is 5.97 Å². The van der Waals surface area contributed by atoms with Crippen molar-refractivity contribution in [2.45, 2.75) is 31.9 Å². The molecule has 0 bridgehead atoms. The Morgan fingerprint density at radius 1 is 1.33 bits per heavy atom. The lowest BCUT2D eigenvalue weighted by molar-refractivity contribution is -0.148. The van der Waals surface area contributed by atoms with Crippen molar-refractivity contribution in [1.29, 1.82) is 0 Å². The highest BCUT2D eigenvalue weighted by Crippen LogP contribution is 2.40. The molecule has 5 nitrogen and oxygen atoms in total. The Kier molecular flexibility index (Phi) is 2.42. The first kappa shape index (κ1) is 10.4. The van der Waals surface area contributed by atoms with Crippen LogP contribution in [0.25, 0.3) is 0 Å². The molecule has 1 saturated carbocycles. The van der Waals surface area contributed by atoms with E-state index in [-0.39, 0.29) is 24.8 Å². The van der Waals surface area contributed by atoms with Gasteiger partial charge in [-0.15, -0.1) is 0 Å². The number of carboxylic acids is 1. The predicted molar refractivity (Wildman–Crippen MR) is 51.0 cm³/mol. The average Bonchev–Trinajstić information content (AvgIpc) is 2.73. The van der Waals surface area contributed by atoms with E-state index >= 15 is 0 Å². The Bertz CT molecular complexity index is 304. The average molecular weight is 213 g/mol. The van der Waals surface area contributed by atoms with E-state index in [2.05, 4.69) is 0 Å². The lowest BCUT2D eigenvalue weighted by Crippen LogP contribution is -2.41. The molecule has 15 heavy (non-hydrogen) atoms. The summed E-state index contributed by atoms with van der Waals surface area (Å²) >= 11 is 0. The fraction of sp³-hybridized carbons (Fsp3) is 0.800. The van der Waals surface area contributed by atoms with Crippen LogP contribution in [0.4, 0.5) is 0 Å². The molecule has 2 unspecified atom stereocenters. The molecular formula is C10H15NO4. The van der Waals surface area contributed by atoms with Crippen LogP contribution >= 0.6 is 0 Å². The minimum atomic E-state index is -1.02. The molecule has 0 spiro atoms. The molecule has 84 valence electrons. The Hall–Kier alpha value is -1.10. The van der Waals surface area contributed by atoms with Gasteiger partial charge in [-0.3, -0.25) is 4.79 Å². The first-order valence-corrected chi connectivity index (χ1v) is 5.22. The number of carboxylic acid groups (broad SMARTS) is 1. The third kappa shape index (κ3) is 1.84. The van der Waals surface area contributed by atoms with E-state index in [0.29, 0.717) is 5.92 Å². The summed E-state index contributed by atoms with van der Waals surface area (Å²) < 4.78 is 0. The highest BCUT2D eigenvalue weighted by atomic mass is 16.4. The maximum absolute atomic E-state index is 11.8. The monoisotopic (exact) mass is 213 g/mol. The number of aliphatic hydroxyl groups excluding tert-OH is 1. The lowest BCUT2D eigenvalue weighted by atomic mass is 10.2. The summed E-state index contributed by atoms with van der Waals surface area (Å²) in [6.45, 7) is 2.14. The normalized spacial score (nSPS) is 39.2. The molecule has 0 aromatic heterocycles. The largest absolute Gasteiger partial charge is 0.480 e. The van der Waals surface area contributed by atoms with Gasteiger partial charge in [0.05, 0.1) is 6.10 Å². The van der Waals surface area contributed by atoms with Crippen molar-refractivity contribution in [2.24, 2.45) is 11.8 Å². The van der Waals surface area contributed by atoms with Gasteiger partial charge < -0.3 is 15.1 Å². The van der Waals surface area contributed by atoms with Crippen molar-refractivity contribution in [1.82, 2.24) is 4.90 Å². The van der Waals surface area contributed by atoms with Crippen LogP contribution in [0.15, 0.2) is 0 Å². The second-order valence-corrected chi connectivity index (χ2v) is 4.55. The number of hydrogen-bond acceptors (Lipinski definition) is 3. The van der Waals surface area contributed by atoms with Crippen LogP contribution in [0.2, 0.25) is 0 Å². The second kappa shape index (κ2) is 3.48. The zero-order valence-corrected chi connectivity index (χ0v) is 8.59. The van der Waals surface area contributed by atoms with Crippen molar-refractivity contribution in [2.75, 3.05) is 6.54 Å². The summed E-state index contributed by atoms with van der Waals surface area (Å²) in [7, 11) is 0. The lowest BCUT2D eigenvalue weighted by Gasteiger charge is -2.21. The molecule has 1 heterocycles. The maximum Gasteiger partial charge on any atom is 0.326 e. The smallest absolute Gasteiger partial charge is 0.326 e. The van der Waals surface area contributed by atoms with Gasteiger partial charge in [0.2, 0.25) is 5.91 Å². The van der Waals surface area contributed by atoms with E-state index in [1.54, 1.807) is 0 Å². The van der Waals surface area contributed by atoms with Crippen molar-refractivity contribution in [3.63, 3.8) is 0 Å². The quantitative estimate of drug-likeness (QED) is 0.659. The molecule has 1 aliphatic carbocycles. The van der Waals surface area contributed by atoms with Gasteiger partial charge in [0.15, 0.2) is 0 Å². The summed E-state index contributed by atoms with van der Waals surface area (Å²) in [6.07, 6.45) is 0.309. The number of likely N-dealkylation sites (tertiary alicyclic amines) is 1. The Balaban J connectivity index is 2.06. The zero-order chi connectivity index (χ0) is 11.2. The topological polar surface area (TPSA) is 77.8 Å². The number of carbonyl (C=O) groups is 2. The fourth-order valence-electron chi connectivity index (χ4n) is 2.17. The van der Waals surface area contributed by atoms with Crippen LogP contribution in [0.3, 0.4) is 0 Å². The van der Waals surface area contributed by atoms with Crippen molar-refractivity contribution < 1.29 is 19.8 Å². The van der Waals surface area contributed by atoms with Gasteiger partial charge in [0, 0.05) is 18.9 Å². The second-order valence-electron chi connectivity index (χ2n) is 4.55. The molecule has 0 aromatic rings. The fourth-order valence-corrected chi connectivity index (χ4v) is 2.17. The highest BCUT2D eigenvalue weighted by molar-refractivity contribution is 5.87. The van der Waals surface area contributed by atoms with Gasteiger partial charge in [-0.1, -0.05) is 6.92 Å². The summed E-state index contributed by atoms with van der Waals surface area (Å²) in [5.41, 5.74) is 0. The third-order valence-corrected chi connectivity index (χ3v) is 3.27. The molecule has 0 aromatic carbocycles. The number of aliphatic carboxylic acids is 1. The van der Waals surface area contributed by atoms with Gasteiger partial charge in [0.1, 0.15) is 6.04 Å². The van der Waals surface area contributed by atoms with Gasteiger partial charge in [-0.05, 0) is 12.3 Å². The molecule has 1 amide bonds. The van der Waals surface area contributed by atoms with E-state index in [1.807, 2.05) is 6.92 Å². The summed E-state index contributed by atoms with van der Waals surface area (Å²) in [5, 5.41) is 18.3. The van der Waals surface area contributed by atoms with Crippen LogP contribution in [0, 0.1) is 11.8 Å². The number of carbonyl (C=O) groups excluding carboxylic acids is 1. The van der Waals surface area contributed by atoms with Gasteiger partial charge in [-0.2, -0.15) is 0 Å². The van der Waals surface area contributed by atoms with Crippen LogP contribution in [-0.4, -0.2) is 45.7 Å². The Morgan fingerprint density at radius 3 is 2.40 bits per heavy atom. The van der Waals surface area contributed by atoms with Crippen molar-refractivity contribution in [3.8, 4) is 0 Å². The van der Waals surface area contributed by atoms with Gasteiger partial charge in [-0.25, -0.2) is 4.79 Å². The molecule has 1 saturated heterocycles. The summed E-state index contributed by atoms with van der Waals surface area (Å²) in [4.78, 5) is 24.0. The van der Waals surface area contributed by atoms with Gasteiger partial charge in [0.25, 0.3) is 0 Å². The molecule has 4 atom stereocenters. The van der Waals surface area contributed by atoms with Crippen LogP contribution in [-0.2, 0) is 9.59 Å². The number of β-amino-alcohol motifs (C(OH)–C–C–N with tert-alkyl or cyclic N) is 1. The number of nitrogens with zero attached hydrogens (tertiary/aromatic N) is 1. The molecule has 2 fully saturated rings. The molecular weight excluding hydrogens is 198 g/mol. The first-order chi connectivity index (χ1) is 7.00. The van der Waals surface area contributed by atoms with E-state index in [9.17, 15) is 14.7 Å². The minimum absolute atomic E-state index is 0.0165. The highest BCUT2D eigenvalue weighted by Gasteiger charge is 2.47. The summed E-state index contributed by atoms with van der Waals surface area (Å²) in [5.74, 6) is -0.776. The standard InChI is InChI=1S/C10H15NO4/c1-5-2-7(5)9(13)11-4-6(12)3-8(11)10(14)15/h5-8,12H,2-4H2,1H3,(H,14,15)/t5?,6-,7?,8-/m0/s1. The Labute approximate surface area is 87.7 Å². The van der Waals surface area contributed by atoms with E-state index in [4.69, 9.17) is 5.11 Å². The molecule has 2 N–H and O–H groups in total. The minimum Gasteiger partial charge on any atom is -0.480 e. The zero-order valence-electron chi connectivity index (χ0n) is 8.59. The number of hydrogen-bond donors (Lipinski definition) is 2. The maximum atomic E-state index is 11.8. The number of amides is 1. The van der Waals surface area contributed by atoms with Crippen molar-refractivity contribution >= 4 is 11.9 Å². The van der Waals surface area contributed by atoms with E-state index in [1.165, 1.54) is 4.90 Å². The number of rotatable bonds is 2. The summed E-state index contributed by atoms with van der Waals surface area (Å²) in [6, 6.07) is -0.833. The molecule has 2 aliphatic rings. The molecule has 5 heteroatoms. The predicted octanol–water partition coefficient (Wildman–Crippen LogP) is -0.311. The van der Waals surface area contributed by atoms with Crippen LogP contribution < -0.4 is 0 Å². The first-order valence-electron chi connectivity index (χ1n) is 5.22. The SMILES string of the molecule is CC1CC1C(=O)N1C[C@@H](O)C[C@H]1C(=O)O. The third-order valence-electron chi connectivity index (χ3n) is 3.27. The molecule has 0 radical (unpaired) electrons.